The Kier molecular flexibility index (Phi) is 12.3. The number of hydrogen-bond donors (Lipinski definition) is 1. The molecule has 0 aromatic heterocycles. The number of benzene rings is 6. The van der Waals surface area contributed by atoms with Gasteiger partial charge < -0.3 is 29.2 Å². The second-order valence-corrected chi connectivity index (χ2v) is 13.5. The van der Waals surface area contributed by atoms with E-state index in [2.05, 4.69) is 5.32 Å². The maximum Gasteiger partial charge on any atom is 0.410 e. The minimum absolute atomic E-state index is 0.00345. The van der Waals surface area contributed by atoms with E-state index in [0.29, 0.717) is 47.0 Å². The second kappa shape index (κ2) is 18.4. The van der Waals surface area contributed by atoms with Gasteiger partial charge in [0.15, 0.2) is 6.29 Å². The zero-order valence-corrected chi connectivity index (χ0v) is 31.0. The highest BCUT2D eigenvalue weighted by Gasteiger charge is 2.40. The molecule has 1 fully saturated rings. The standard InChI is InChI=1S/C47H40N2O8/c50-29-39-17-10-18-42(55-31-34-13-6-2-7-14-34)44(39)36-19-21-38(22-20-36)46(52)57-43-28-49(47(53)56-32-35-15-8-3-9-16-35)27-41(43)48-45(51)37-23-25-40(26-24-37)54-30-33-11-4-1-5-12-33/h1-26,29,41,43H,27-28,30-32H2,(H,48,51)/t41-,43-/m1/s1. The summed E-state index contributed by atoms with van der Waals surface area (Å²) in [6.45, 7) is 0.822. The van der Waals surface area contributed by atoms with Crippen molar-refractivity contribution in [1.82, 2.24) is 10.2 Å². The molecule has 286 valence electrons. The van der Waals surface area contributed by atoms with Gasteiger partial charge in [0.05, 0.1) is 18.2 Å². The molecule has 0 aliphatic carbocycles. The van der Waals surface area contributed by atoms with Gasteiger partial charge >= 0.3 is 12.1 Å². The molecule has 1 heterocycles. The molecular formula is C47H40N2O8. The predicted molar refractivity (Wildman–Crippen MR) is 214 cm³/mol. The fraction of sp³-hybridized carbons (Fsp3) is 0.149. The van der Waals surface area contributed by atoms with E-state index in [9.17, 15) is 19.2 Å². The van der Waals surface area contributed by atoms with Crippen LogP contribution >= 0.6 is 0 Å². The summed E-state index contributed by atoms with van der Waals surface area (Å²) >= 11 is 0. The minimum Gasteiger partial charge on any atom is -0.489 e. The molecule has 10 nitrogen and oxygen atoms in total. The van der Waals surface area contributed by atoms with E-state index in [1.165, 1.54) is 4.90 Å². The molecular weight excluding hydrogens is 721 g/mol. The summed E-state index contributed by atoms with van der Waals surface area (Å²) in [5.41, 5.74) is 5.15. The fourth-order valence-corrected chi connectivity index (χ4v) is 6.48. The maximum atomic E-state index is 13.6. The number of amides is 2. The van der Waals surface area contributed by atoms with Gasteiger partial charge in [0, 0.05) is 23.2 Å². The Labute approximate surface area is 330 Å². The van der Waals surface area contributed by atoms with Gasteiger partial charge in [-0.1, -0.05) is 115 Å². The molecule has 1 aliphatic heterocycles. The van der Waals surface area contributed by atoms with Crippen molar-refractivity contribution < 1.29 is 38.1 Å². The largest absolute Gasteiger partial charge is 0.489 e. The Morgan fingerprint density at radius 2 is 1.19 bits per heavy atom. The fourth-order valence-electron chi connectivity index (χ4n) is 6.48. The number of ether oxygens (including phenoxy) is 4. The number of carbonyl (C=O) groups excluding carboxylic acids is 4. The number of hydrogen-bond acceptors (Lipinski definition) is 8. The first-order valence-corrected chi connectivity index (χ1v) is 18.5. The summed E-state index contributed by atoms with van der Waals surface area (Å²) in [7, 11) is 0. The molecule has 1 saturated heterocycles. The van der Waals surface area contributed by atoms with Crippen LogP contribution in [-0.2, 0) is 29.3 Å². The van der Waals surface area contributed by atoms with Gasteiger partial charge in [0.2, 0.25) is 0 Å². The number of rotatable bonds is 14. The van der Waals surface area contributed by atoms with Gasteiger partial charge in [-0.3, -0.25) is 9.59 Å². The zero-order valence-electron chi connectivity index (χ0n) is 31.0. The average Bonchev–Trinajstić information content (AvgIpc) is 3.66. The Morgan fingerprint density at radius 3 is 1.81 bits per heavy atom. The highest BCUT2D eigenvalue weighted by molar-refractivity contribution is 5.95. The molecule has 2 amide bonds. The van der Waals surface area contributed by atoms with Gasteiger partial charge in [0.1, 0.15) is 37.4 Å². The average molecular weight is 761 g/mol. The van der Waals surface area contributed by atoms with Crippen LogP contribution in [0.3, 0.4) is 0 Å². The van der Waals surface area contributed by atoms with Gasteiger partial charge in [-0.25, -0.2) is 9.59 Å². The summed E-state index contributed by atoms with van der Waals surface area (Å²) in [5, 5.41) is 2.96. The molecule has 0 unspecified atom stereocenters. The Hall–Kier alpha value is -7.20. The zero-order chi connectivity index (χ0) is 39.4. The molecule has 0 saturated carbocycles. The highest BCUT2D eigenvalue weighted by atomic mass is 16.6. The molecule has 2 atom stereocenters. The maximum absolute atomic E-state index is 13.6. The van der Waals surface area contributed by atoms with Crippen LogP contribution in [0.2, 0.25) is 0 Å². The smallest absolute Gasteiger partial charge is 0.410 e. The molecule has 0 bridgehead atoms. The van der Waals surface area contributed by atoms with E-state index in [0.717, 1.165) is 23.0 Å². The summed E-state index contributed by atoms with van der Waals surface area (Å²) in [6, 6.07) is 46.7. The van der Waals surface area contributed by atoms with Crippen molar-refractivity contribution in [2.75, 3.05) is 13.1 Å². The first kappa shape index (κ1) is 38.1. The molecule has 0 radical (unpaired) electrons. The van der Waals surface area contributed by atoms with Crippen LogP contribution in [0.15, 0.2) is 158 Å². The third-order valence-electron chi connectivity index (χ3n) is 9.50. The topological polar surface area (TPSA) is 120 Å². The number of likely N-dealkylation sites (tertiary alicyclic amines) is 1. The summed E-state index contributed by atoms with van der Waals surface area (Å²) in [5.74, 6) is 0.0806. The Balaban J connectivity index is 1.04. The summed E-state index contributed by atoms with van der Waals surface area (Å²) in [6.07, 6.45) is -0.709. The molecule has 57 heavy (non-hydrogen) atoms. The Morgan fingerprint density at radius 1 is 0.614 bits per heavy atom. The number of carbonyl (C=O) groups is 4. The van der Waals surface area contributed by atoms with E-state index in [1.54, 1.807) is 66.7 Å². The van der Waals surface area contributed by atoms with Crippen molar-refractivity contribution >= 4 is 24.3 Å². The van der Waals surface area contributed by atoms with Crippen molar-refractivity contribution in [1.29, 1.82) is 0 Å². The molecule has 6 aromatic carbocycles. The lowest BCUT2D eigenvalue weighted by Crippen LogP contribution is -2.44. The number of esters is 1. The lowest BCUT2D eigenvalue weighted by Gasteiger charge is -2.20. The molecule has 10 heteroatoms. The molecule has 6 aromatic rings. The van der Waals surface area contributed by atoms with Gasteiger partial charge in [-0.05, 0) is 64.7 Å². The van der Waals surface area contributed by atoms with E-state index >= 15 is 0 Å². The van der Waals surface area contributed by atoms with Crippen molar-refractivity contribution in [3.05, 3.63) is 191 Å². The molecule has 1 aliphatic rings. The first-order valence-electron chi connectivity index (χ1n) is 18.5. The summed E-state index contributed by atoms with van der Waals surface area (Å²) in [4.78, 5) is 53.8. The lowest BCUT2D eigenvalue weighted by atomic mass is 9.98. The minimum atomic E-state index is -0.882. The van der Waals surface area contributed by atoms with Gasteiger partial charge in [0.25, 0.3) is 5.91 Å². The third-order valence-corrected chi connectivity index (χ3v) is 9.50. The van der Waals surface area contributed by atoms with Crippen LogP contribution in [0, 0.1) is 0 Å². The quantitative estimate of drug-likeness (QED) is 0.0870. The Bertz CT molecular complexity index is 2280. The van der Waals surface area contributed by atoms with Crippen LogP contribution in [0.5, 0.6) is 11.5 Å². The highest BCUT2D eigenvalue weighted by Crippen LogP contribution is 2.34. The summed E-state index contributed by atoms with van der Waals surface area (Å²) < 4.78 is 23.5. The van der Waals surface area contributed by atoms with Crippen LogP contribution < -0.4 is 14.8 Å². The van der Waals surface area contributed by atoms with E-state index in [-0.39, 0.29) is 25.3 Å². The van der Waals surface area contributed by atoms with Crippen LogP contribution in [0.4, 0.5) is 4.79 Å². The number of aldehydes is 1. The van der Waals surface area contributed by atoms with Gasteiger partial charge in [-0.2, -0.15) is 0 Å². The van der Waals surface area contributed by atoms with E-state index in [4.69, 9.17) is 18.9 Å². The second-order valence-electron chi connectivity index (χ2n) is 13.5. The van der Waals surface area contributed by atoms with Crippen LogP contribution in [-0.4, -0.2) is 54.4 Å². The van der Waals surface area contributed by atoms with Crippen LogP contribution in [0.1, 0.15) is 47.8 Å². The normalized spacial score (nSPS) is 14.6. The molecule has 0 spiro atoms. The lowest BCUT2D eigenvalue weighted by molar-refractivity contribution is 0.0260. The third kappa shape index (κ3) is 9.92. The predicted octanol–water partition coefficient (Wildman–Crippen LogP) is 8.30. The van der Waals surface area contributed by atoms with E-state index in [1.807, 2.05) is 91.0 Å². The molecule has 7 rings (SSSR count). The van der Waals surface area contributed by atoms with Gasteiger partial charge in [-0.15, -0.1) is 0 Å². The first-order chi connectivity index (χ1) is 27.9. The monoisotopic (exact) mass is 760 g/mol. The number of nitrogens with zero attached hydrogens (tertiary/aromatic N) is 1. The SMILES string of the molecule is O=Cc1cccc(OCc2ccccc2)c1-c1ccc(C(=O)O[C@@H]2CN(C(=O)OCc3ccccc3)C[C@H]2NC(=O)c2ccc(OCc3ccccc3)cc2)cc1. The van der Waals surface area contributed by atoms with Crippen LogP contribution in [0.25, 0.3) is 11.1 Å². The van der Waals surface area contributed by atoms with Crippen molar-refractivity contribution in [2.24, 2.45) is 0 Å². The number of nitrogens with one attached hydrogen (secondary N) is 1. The molecule has 1 N–H and O–H groups in total. The van der Waals surface area contributed by atoms with E-state index < -0.39 is 30.1 Å². The van der Waals surface area contributed by atoms with Crippen molar-refractivity contribution in [3.63, 3.8) is 0 Å². The van der Waals surface area contributed by atoms with Crippen molar-refractivity contribution in [2.45, 2.75) is 32.0 Å². The van der Waals surface area contributed by atoms with Crippen molar-refractivity contribution in [3.8, 4) is 22.6 Å².